The fourth-order valence-corrected chi connectivity index (χ4v) is 2.89. The molecule has 0 amide bonds. The summed E-state index contributed by atoms with van der Waals surface area (Å²) in [6, 6.07) is 4.63. The van der Waals surface area contributed by atoms with E-state index in [0.717, 1.165) is 0 Å². The second-order valence-corrected chi connectivity index (χ2v) is 8.09. The van der Waals surface area contributed by atoms with E-state index < -0.39 is 28.3 Å². The van der Waals surface area contributed by atoms with Gasteiger partial charge in [-0.3, -0.25) is 0 Å². The third kappa shape index (κ3) is 2.88. The lowest BCUT2D eigenvalue weighted by Gasteiger charge is -2.32. The zero-order valence-corrected chi connectivity index (χ0v) is 14.6. The Morgan fingerprint density at radius 3 is 2.14 bits per heavy atom. The average Bonchev–Trinajstić information content (AvgIpc) is 2.66. The summed E-state index contributed by atoms with van der Waals surface area (Å²) in [5.74, 6) is 0.412. The highest BCUT2D eigenvalue weighted by atomic mass is 32.2. The van der Waals surface area contributed by atoms with Gasteiger partial charge in [0.15, 0.2) is 0 Å². The van der Waals surface area contributed by atoms with Gasteiger partial charge in [0.05, 0.1) is 23.2 Å². The maximum absolute atomic E-state index is 11.9. The number of hydrogen-bond donors (Lipinski definition) is 1. The predicted molar refractivity (Wildman–Crippen MR) is 85.0 cm³/mol. The van der Waals surface area contributed by atoms with E-state index in [4.69, 9.17) is 14.0 Å². The van der Waals surface area contributed by atoms with Crippen LogP contribution in [0.1, 0.15) is 27.7 Å². The molecule has 0 unspecified atom stereocenters. The molecule has 0 saturated carbocycles. The maximum Gasteiger partial charge on any atom is 0.498 e. The molecule has 1 aromatic carbocycles. The van der Waals surface area contributed by atoms with Gasteiger partial charge in [-0.05, 0) is 46.9 Å². The van der Waals surface area contributed by atoms with E-state index in [1.165, 1.54) is 26.3 Å². The van der Waals surface area contributed by atoms with Crippen LogP contribution >= 0.6 is 0 Å². The zero-order chi connectivity index (χ0) is 16.8. The molecular weight excluding hydrogens is 305 g/mol. The first kappa shape index (κ1) is 17.3. The number of ether oxygens (including phenoxy) is 1. The van der Waals surface area contributed by atoms with Crippen LogP contribution in [-0.4, -0.2) is 40.9 Å². The summed E-state index contributed by atoms with van der Waals surface area (Å²) in [4.78, 5) is 0.132. The molecule has 0 atom stereocenters. The van der Waals surface area contributed by atoms with E-state index in [1.807, 2.05) is 27.7 Å². The Kier molecular flexibility index (Phi) is 4.34. The average molecular weight is 327 g/mol. The van der Waals surface area contributed by atoms with Gasteiger partial charge in [0.1, 0.15) is 5.75 Å². The summed E-state index contributed by atoms with van der Waals surface area (Å²) in [6.45, 7) is 7.83. The molecular formula is C14H22BNO5S. The monoisotopic (exact) mass is 327 g/mol. The van der Waals surface area contributed by atoms with Crippen LogP contribution in [0.25, 0.3) is 0 Å². The lowest BCUT2D eigenvalue weighted by molar-refractivity contribution is 0.00578. The van der Waals surface area contributed by atoms with Crippen LogP contribution in [0.5, 0.6) is 5.75 Å². The van der Waals surface area contributed by atoms with Crippen molar-refractivity contribution in [1.29, 1.82) is 0 Å². The van der Waals surface area contributed by atoms with E-state index in [-0.39, 0.29) is 4.90 Å². The SMILES string of the molecule is CNS(=O)(=O)c1ccc(B2OC(C)(C)C(C)(C)O2)c(OC)c1. The van der Waals surface area contributed by atoms with Gasteiger partial charge >= 0.3 is 7.12 Å². The van der Waals surface area contributed by atoms with E-state index in [0.29, 0.717) is 11.2 Å². The molecule has 1 N–H and O–H groups in total. The molecule has 1 aliphatic heterocycles. The Bertz CT molecular complexity index is 656. The van der Waals surface area contributed by atoms with Gasteiger partial charge in [0.25, 0.3) is 0 Å². The van der Waals surface area contributed by atoms with Crippen LogP contribution in [0.4, 0.5) is 0 Å². The summed E-state index contributed by atoms with van der Waals surface area (Å²) in [5.41, 5.74) is -0.284. The minimum atomic E-state index is -3.53. The molecule has 1 aliphatic rings. The number of nitrogens with one attached hydrogen (secondary N) is 1. The van der Waals surface area contributed by atoms with Crippen LogP contribution in [0.3, 0.4) is 0 Å². The van der Waals surface area contributed by atoms with Gasteiger partial charge in [-0.15, -0.1) is 0 Å². The molecule has 1 aromatic rings. The highest BCUT2D eigenvalue weighted by Crippen LogP contribution is 2.37. The fourth-order valence-electron chi connectivity index (χ4n) is 2.14. The van der Waals surface area contributed by atoms with Gasteiger partial charge in [0, 0.05) is 5.46 Å². The lowest BCUT2D eigenvalue weighted by Crippen LogP contribution is -2.41. The molecule has 0 radical (unpaired) electrons. The van der Waals surface area contributed by atoms with Crippen LogP contribution in [0.15, 0.2) is 23.1 Å². The molecule has 1 heterocycles. The zero-order valence-electron chi connectivity index (χ0n) is 13.8. The molecule has 22 heavy (non-hydrogen) atoms. The topological polar surface area (TPSA) is 73.9 Å². The Hall–Kier alpha value is -1.09. The van der Waals surface area contributed by atoms with Gasteiger partial charge in [-0.1, -0.05) is 6.07 Å². The molecule has 0 aromatic heterocycles. The third-order valence-corrected chi connectivity index (χ3v) is 5.70. The maximum atomic E-state index is 11.9. The Morgan fingerprint density at radius 1 is 1.14 bits per heavy atom. The molecule has 0 aliphatic carbocycles. The number of rotatable bonds is 4. The fraction of sp³-hybridized carbons (Fsp3) is 0.571. The molecule has 122 valence electrons. The van der Waals surface area contributed by atoms with Crippen molar-refractivity contribution in [3.05, 3.63) is 18.2 Å². The standard InChI is InChI=1S/C14H22BNO5S/c1-13(2)14(3,4)21-15(20-13)11-8-7-10(9-12(11)19-6)22(17,18)16-5/h7-9,16H,1-6H3. The van der Waals surface area contributed by atoms with Crippen LogP contribution < -0.4 is 14.9 Å². The predicted octanol–water partition coefficient (Wildman–Crippen LogP) is 0.902. The minimum absolute atomic E-state index is 0.132. The quantitative estimate of drug-likeness (QED) is 0.832. The molecule has 0 bridgehead atoms. The molecule has 1 saturated heterocycles. The largest absolute Gasteiger partial charge is 0.498 e. The summed E-state index contributed by atoms with van der Waals surface area (Å²) in [7, 11) is -1.28. The Balaban J connectivity index is 2.42. The van der Waals surface area contributed by atoms with Crippen LogP contribution in [0, 0.1) is 0 Å². The minimum Gasteiger partial charge on any atom is -0.497 e. The normalized spacial score (nSPS) is 20.2. The first-order valence-electron chi connectivity index (χ1n) is 7.01. The number of methoxy groups -OCH3 is 1. The first-order valence-corrected chi connectivity index (χ1v) is 8.49. The van der Waals surface area contributed by atoms with Gasteiger partial charge in [-0.2, -0.15) is 0 Å². The van der Waals surface area contributed by atoms with E-state index in [9.17, 15) is 8.42 Å². The molecule has 0 spiro atoms. The van der Waals surface area contributed by atoms with Crippen molar-refractivity contribution in [3.63, 3.8) is 0 Å². The van der Waals surface area contributed by atoms with Crippen molar-refractivity contribution in [2.24, 2.45) is 0 Å². The van der Waals surface area contributed by atoms with Gasteiger partial charge in [0.2, 0.25) is 10.0 Å². The second kappa shape index (κ2) is 5.52. The Labute approximate surface area is 132 Å². The van der Waals surface area contributed by atoms with E-state index >= 15 is 0 Å². The summed E-state index contributed by atoms with van der Waals surface area (Å²) in [5, 5.41) is 0. The van der Waals surface area contributed by atoms with E-state index in [1.54, 1.807) is 6.07 Å². The molecule has 2 rings (SSSR count). The highest BCUT2D eigenvalue weighted by Gasteiger charge is 2.52. The summed E-state index contributed by atoms with van der Waals surface area (Å²) in [6.07, 6.45) is 0. The smallest absolute Gasteiger partial charge is 0.497 e. The molecule has 6 nitrogen and oxygen atoms in total. The van der Waals surface area contributed by atoms with Crippen LogP contribution in [-0.2, 0) is 19.3 Å². The van der Waals surface area contributed by atoms with Crippen molar-refractivity contribution < 1.29 is 22.5 Å². The Morgan fingerprint density at radius 2 is 1.68 bits per heavy atom. The van der Waals surface area contributed by atoms with Crippen molar-refractivity contribution in [1.82, 2.24) is 4.72 Å². The van der Waals surface area contributed by atoms with Gasteiger partial charge in [-0.25, -0.2) is 13.1 Å². The van der Waals surface area contributed by atoms with Gasteiger partial charge < -0.3 is 14.0 Å². The number of sulfonamides is 1. The first-order chi connectivity index (χ1) is 10.0. The molecule has 8 heteroatoms. The lowest BCUT2D eigenvalue weighted by atomic mass is 9.78. The van der Waals surface area contributed by atoms with Crippen LogP contribution in [0.2, 0.25) is 0 Å². The number of hydrogen-bond acceptors (Lipinski definition) is 5. The van der Waals surface area contributed by atoms with Crippen molar-refractivity contribution >= 4 is 22.6 Å². The summed E-state index contributed by atoms with van der Waals surface area (Å²) < 4.78 is 43.3. The highest BCUT2D eigenvalue weighted by molar-refractivity contribution is 7.89. The number of benzene rings is 1. The van der Waals surface area contributed by atoms with Crippen molar-refractivity contribution in [3.8, 4) is 5.75 Å². The summed E-state index contributed by atoms with van der Waals surface area (Å²) >= 11 is 0. The third-order valence-electron chi connectivity index (χ3n) is 4.29. The van der Waals surface area contributed by atoms with Crippen molar-refractivity contribution in [2.45, 2.75) is 43.8 Å². The van der Waals surface area contributed by atoms with E-state index in [2.05, 4.69) is 4.72 Å². The molecule has 1 fully saturated rings. The van der Waals surface area contributed by atoms with Crippen molar-refractivity contribution in [2.75, 3.05) is 14.2 Å². The second-order valence-electron chi connectivity index (χ2n) is 6.20.